The SMILES string of the molecule is FC1C=CC(F)(OC(F)(F)C(F)(F)C(F)(F)C(F)(F)C(F)(F)C(F)(F)C(F)(F)C(F)(F)C(F)(F)F)C(F)(F)C1(F)F. The van der Waals surface area contributed by atoms with Crippen molar-refractivity contribution in [3.8, 4) is 0 Å². The summed E-state index contributed by atoms with van der Waals surface area (Å²) in [5.41, 5.74) is 0. The van der Waals surface area contributed by atoms with Crippen molar-refractivity contribution in [2.24, 2.45) is 0 Å². The van der Waals surface area contributed by atoms with Crippen LogP contribution in [0.3, 0.4) is 0 Å². The zero-order valence-corrected chi connectivity index (χ0v) is 17.6. The molecule has 0 aliphatic heterocycles. The number of halogens is 25. The molecule has 0 fully saturated rings. The van der Waals surface area contributed by atoms with Gasteiger partial charge in [0.05, 0.1) is 0 Å². The van der Waals surface area contributed by atoms with Crippen LogP contribution in [0.5, 0.6) is 0 Å². The topological polar surface area (TPSA) is 9.23 Å². The fourth-order valence-electron chi connectivity index (χ4n) is 2.53. The average molecular weight is 674 g/mol. The molecule has 0 heterocycles. The van der Waals surface area contributed by atoms with E-state index in [2.05, 4.69) is 0 Å². The predicted molar refractivity (Wildman–Crippen MR) is 74.5 cm³/mol. The summed E-state index contributed by atoms with van der Waals surface area (Å²) in [6, 6.07) is 0. The van der Waals surface area contributed by atoms with E-state index in [1.54, 1.807) is 4.74 Å². The Morgan fingerprint density at radius 2 is 0.756 bits per heavy atom. The first-order chi connectivity index (χ1) is 17.3. The van der Waals surface area contributed by atoms with Crippen LogP contribution in [0.2, 0.25) is 0 Å². The lowest BCUT2D eigenvalue weighted by atomic mass is 9.88. The van der Waals surface area contributed by atoms with Crippen LogP contribution in [0.1, 0.15) is 0 Å². The van der Waals surface area contributed by atoms with E-state index in [1.165, 1.54) is 0 Å². The molecule has 41 heavy (non-hydrogen) atoms. The van der Waals surface area contributed by atoms with Crippen LogP contribution < -0.4 is 0 Å². The summed E-state index contributed by atoms with van der Waals surface area (Å²) in [4.78, 5) is 0. The first kappa shape index (κ1) is 37.0. The van der Waals surface area contributed by atoms with Crippen molar-refractivity contribution in [2.75, 3.05) is 0 Å². The summed E-state index contributed by atoms with van der Waals surface area (Å²) in [5.74, 6) is -84.3. The van der Waals surface area contributed by atoms with E-state index in [1.807, 2.05) is 0 Å². The zero-order valence-electron chi connectivity index (χ0n) is 17.6. The quantitative estimate of drug-likeness (QED) is 0.176. The van der Waals surface area contributed by atoms with Gasteiger partial charge in [-0.15, -0.1) is 0 Å². The number of hydrogen-bond donors (Lipinski definition) is 0. The zero-order chi connectivity index (χ0) is 33.7. The number of allylic oxidation sites excluding steroid dienone is 1. The largest absolute Gasteiger partial charge is 0.460 e. The summed E-state index contributed by atoms with van der Waals surface area (Å²) < 4.78 is 332. The number of alkyl halides is 25. The lowest BCUT2D eigenvalue weighted by molar-refractivity contribution is -0.499. The summed E-state index contributed by atoms with van der Waals surface area (Å²) in [7, 11) is 0. The minimum atomic E-state index is -9.38. The van der Waals surface area contributed by atoms with Crippen molar-refractivity contribution < 1.29 is 114 Å². The van der Waals surface area contributed by atoms with Crippen LogP contribution in [-0.4, -0.2) is 77.6 Å². The van der Waals surface area contributed by atoms with Crippen molar-refractivity contribution in [3.63, 3.8) is 0 Å². The van der Waals surface area contributed by atoms with E-state index in [-0.39, 0.29) is 0 Å². The Bertz CT molecular complexity index is 1020. The first-order valence-electron chi connectivity index (χ1n) is 8.91. The van der Waals surface area contributed by atoms with Gasteiger partial charge in [0, 0.05) is 0 Å². The molecule has 0 spiro atoms. The minimum Gasteiger partial charge on any atom is -0.268 e. The highest BCUT2D eigenvalue weighted by molar-refractivity contribution is 5.21. The fraction of sp³-hybridized carbons (Fsp3) is 0.867. The van der Waals surface area contributed by atoms with Crippen LogP contribution >= 0.6 is 0 Å². The smallest absolute Gasteiger partial charge is 0.268 e. The van der Waals surface area contributed by atoms with Crippen LogP contribution in [0.4, 0.5) is 110 Å². The number of hydrogen-bond acceptors (Lipinski definition) is 1. The summed E-state index contributed by atoms with van der Waals surface area (Å²) in [6.45, 7) is 0. The van der Waals surface area contributed by atoms with Crippen LogP contribution in [0.25, 0.3) is 0 Å². The maximum Gasteiger partial charge on any atom is 0.460 e. The Balaban J connectivity index is 3.77. The third-order valence-electron chi connectivity index (χ3n) is 5.04. The molecule has 0 amide bonds. The van der Waals surface area contributed by atoms with E-state index in [0.717, 1.165) is 0 Å². The average Bonchev–Trinajstić information content (AvgIpc) is 2.74. The third-order valence-corrected chi connectivity index (χ3v) is 5.04. The molecule has 0 aromatic rings. The van der Waals surface area contributed by atoms with E-state index in [9.17, 15) is 110 Å². The van der Waals surface area contributed by atoms with Gasteiger partial charge in [0.2, 0.25) is 0 Å². The Hall–Kier alpha value is -2.05. The molecule has 0 saturated carbocycles. The van der Waals surface area contributed by atoms with Crippen molar-refractivity contribution in [1.82, 2.24) is 0 Å². The van der Waals surface area contributed by atoms with Gasteiger partial charge >= 0.3 is 71.4 Å². The monoisotopic (exact) mass is 674 g/mol. The maximum atomic E-state index is 14.0. The van der Waals surface area contributed by atoms with Crippen molar-refractivity contribution in [1.29, 1.82) is 0 Å². The van der Waals surface area contributed by atoms with Gasteiger partial charge in [0.15, 0.2) is 6.17 Å². The lowest BCUT2D eigenvalue weighted by Gasteiger charge is -2.45. The van der Waals surface area contributed by atoms with E-state index < -0.39 is 89.8 Å². The normalized spacial score (nSPS) is 25.4. The Morgan fingerprint density at radius 1 is 0.463 bits per heavy atom. The van der Waals surface area contributed by atoms with Gasteiger partial charge in [-0.05, 0) is 12.2 Å². The molecular weight excluding hydrogens is 671 g/mol. The third kappa shape index (κ3) is 4.37. The van der Waals surface area contributed by atoms with Crippen molar-refractivity contribution in [3.05, 3.63) is 12.2 Å². The van der Waals surface area contributed by atoms with E-state index in [4.69, 9.17) is 0 Å². The molecule has 1 aliphatic carbocycles. The molecule has 1 rings (SSSR count). The molecule has 0 aromatic heterocycles. The molecule has 0 N–H and O–H groups in total. The lowest BCUT2D eigenvalue weighted by Crippen LogP contribution is -2.76. The first-order valence-corrected chi connectivity index (χ1v) is 8.91. The van der Waals surface area contributed by atoms with Gasteiger partial charge in [-0.1, -0.05) is 0 Å². The molecule has 0 radical (unpaired) electrons. The van der Waals surface area contributed by atoms with Gasteiger partial charge in [-0.25, -0.2) is 8.78 Å². The Morgan fingerprint density at radius 3 is 1.07 bits per heavy atom. The second-order valence-electron chi connectivity index (χ2n) is 7.74. The highest BCUT2D eigenvalue weighted by Crippen LogP contribution is 2.66. The van der Waals surface area contributed by atoms with Crippen molar-refractivity contribution in [2.45, 2.75) is 77.6 Å². The highest BCUT2D eigenvalue weighted by Gasteiger charge is 2.97. The minimum absolute atomic E-state index is 1.25. The second-order valence-corrected chi connectivity index (χ2v) is 7.74. The van der Waals surface area contributed by atoms with E-state index >= 15 is 0 Å². The fourth-order valence-corrected chi connectivity index (χ4v) is 2.53. The van der Waals surface area contributed by atoms with Crippen LogP contribution in [0, 0.1) is 0 Å². The molecule has 0 aromatic carbocycles. The molecule has 1 aliphatic rings. The standard InChI is InChI=1S/C15H3F25O/c16-3-1-2-4(17,6(20,21)5(3,18)19)41-15(39,40)13(34,35)11(30,31)9(26,27)7(22,23)8(24,25)10(28,29)12(32,33)14(36,37)38/h1-3H. The summed E-state index contributed by atoms with van der Waals surface area (Å²) in [6.07, 6.45) is -23.8. The van der Waals surface area contributed by atoms with Gasteiger partial charge in [-0.3, -0.25) is 4.74 Å². The van der Waals surface area contributed by atoms with Gasteiger partial charge in [0.1, 0.15) is 0 Å². The number of rotatable bonds is 9. The molecule has 0 saturated heterocycles. The second kappa shape index (κ2) is 8.98. The van der Waals surface area contributed by atoms with Crippen molar-refractivity contribution >= 4 is 0 Å². The van der Waals surface area contributed by atoms with Gasteiger partial charge in [-0.2, -0.15) is 101 Å². The molecular formula is C15H3F25O. The molecule has 2 atom stereocenters. The Labute approximate surface area is 205 Å². The number of ether oxygens (including phenoxy) is 1. The predicted octanol–water partition coefficient (Wildman–Crippen LogP) is 8.45. The van der Waals surface area contributed by atoms with Gasteiger partial charge < -0.3 is 0 Å². The van der Waals surface area contributed by atoms with Gasteiger partial charge in [0.25, 0.3) is 0 Å². The van der Waals surface area contributed by atoms with Crippen LogP contribution in [-0.2, 0) is 4.74 Å². The maximum absolute atomic E-state index is 14.0. The highest BCUT2D eigenvalue weighted by atomic mass is 19.4. The molecule has 26 heteroatoms. The van der Waals surface area contributed by atoms with Crippen LogP contribution in [0.15, 0.2) is 12.2 Å². The molecule has 244 valence electrons. The molecule has 1 nitrogen and oxygen atoms in total. The molecule has 0 bridgehead atoms. The summed E-state index contributed by atoms with van der Waals surface area (Å²) in [5, 5.41) is 0. The molecule has 2 unspecified atom stereocenters. The summed E-state index contributed by atoms with van der Waals surface area (Å²) >= 11 is 0. The van der Waals surface area contributed by atoms with E-state index in [0.29, 0.717) is 0 Å². The Kier molecular flexibility index (Phi) is 8.10.